The standard InChI is InChI=1S/C20H26ClNO2/c1-14(2)11-22-12-17-9-19(23-4)20(10-18(17)21)24-13-16-7-5-6-15(3)8-16/h5-10,14,22H,11-13H2,1-4H3. The van der Waals surface area contributed by atoms with Crippen molar-refractivity contribution in [3.8, 4) is 11.5 Å². The summed E-state index contributed by atoms with van der Waals surface area (Å²) in [6.45, 7) is 8.57. The number of ether oxygens (including phenoxy) is 2. The van der Waals surface area contributed by atoms with E-state index in [-0.39, 0.29) is 0 Å². The Labute approximate surface area is 149 Å². The van der Waals surface area contributed by atoms with E-state index in [0.717, 1.165) is 17.7 Å². The lowest BCUT2D eigenvalue weighted by atomic mass is 10.1. The van der Waals surface area contributed by atoms with Crippen molar-refractivity contribution in [1.82, 2.24) is 5.32 Å². The van der Waals surface area contributed by atoms with Gasteiger partial charge in [-0.2, -0.15) is 0 Å². The monoisotopic (exact) mass is 347 g/mol. The minimum absolute atomic E-state index is 0.485. The van der Waals surface area contributed by atoms with Crippen molar-refractivity contribution in [3.63, 3.8) is 0 Å². The van der Waals surface area contributed by atoms with Crippen LogP contribution in [0.2, 0.25) is 5.02 Å². The topological polar surface area (TPSA) is 30.5 Å². The highest BCUT2D eigenvalue weighted by atomic mass is 35.5. The van der Waals surface area contributed by atoms with Crippen molar-refractivity contribution in [2.24, 2.45) is 5.92 Å². The van der Waals surface area contributed by atoms with Gasteiger partial charge < -0.3 is 14.8 Å². The lowest BCUT2D eigenvalue weighted by Crippen LogP contribution is -2.19. The molecule has 24 heavy (non-hydrogen) atoms. The van der Waals surface area contributed by atoms with E-state index in [1.165, 1.54) is 5.56 Å². The summed E-state index contributed by atoms with van der Waals surface area (Å²) in [4.78, 5) is 0. The lowest BCUT2D eigenvalue weighted by Gasteiger charge is -2.15. The van der Waals surface area contributed by atoms with Crippen LogP contribution in [0.4, 0.5) is 0 Å². The first kappa shape index (κ1) is 18.6. The molecule has 0 spiro atoms. The number of methoxy groups -OCH3 is 1. The summed E-state index contributed by atoms with van der Waals surface area (Å²) in [5, 5.41) is 4.08. The van der Waals surface area contributed by atoms with Crippen molar-refractivity contribution in [1.29, 1.82) is 0 Å². The van der Waals surface area contributed by atoms with Crippen LogP contribution in [0, 0.1) is 12.8 Å². The van der Waals surface area contributed by atoms with Crippen molar-refractivity contribution in [2.75, 3.05) is 13.7 Å². The van der Waals surface area contributed by atoms with Crippen molar-refractivity contribution in [2.45, 2.75) is 33.9 Å². The van der Waals surface area contributed by atoms with Gasteiger partial charge in [0.1, 0.15) is 6.61 Å². The zero-order valence-electron chi connectivity index (χ0n) is 14.9. The first-order valence-electron chi connectivity index (χ1n) is 8.25. The van der Waals surface area contributed by atoms with E-state index < -0.39 is 0 Å². The summed E-state index contributed by atoms with van der Waals surface area (Å²) in [6.07, 6.45) is 0. The molecule has 3 nitrogen and oxygen atoms in total. The maximum Gasteiger partial charge on any atom is 0.163 e. The zero-order chi connectivity index (χ0) is 17.5. The molecule has 0 radical (unpaired) electrons. The molecule has 0 saturated carbocycles. The number of benzene rings is 2. The number of nitrogens with one attached hydrogen (secondary N) is 1. The zero-order valence-corrected chi connectivity index (χ0v) is 15.6. The Balaban J connectivity index is 2.08. The summed E-state index contributed by atoms with van der Waals surface area (Å²) in [7, 11) is 1.65. The van der Waals surface area contributed by atoms with Gasteiger partial charge in [0.05, 0.1) is 7.11 Å². The molecular weight excluding hydrogens is 322 g/mol. The van der Waals surface area contributed by atoms with Crippen LogP contribution in [0.1, 0.15) is 30.5 Å². The Morgan fingerprint density at radius 3 is 2.58 bits per heavy atom. The third kappa shape index (κ3) is 5.43. The third-order valence-electron chi connectivity index (χ3n) is 3.68. The van der Waals surface area contributed by atoms with Gasteiger partial charge in [-0.05, 0) is 36.6 Å². The molecule has 0 heterocycles. The molecule has 0 bridgehead atoms. The molecule has 2 rings (SSSR count). The Kier molecular flexibility index (Phi) is 6.95. The molecule has 0 fully saturated rings. The largest absolute Gasteiger partial charge is 0.493 e. The maximum atomic E-state index is 6.41. The van der Waals surface area contributed by atoms with Crippen molar-refractivity contribution >= 4 is 11.6 Å². The highest BCUT2D eigenvalue weighted by Gasteiger charge is 2.11. The van der Waals surface area contributed by atoms with E-state index in [1.807, 2.05) is 24.3 Å². The van der Waals surface area contributed by atoms with Gasteiger partial charge in [-0.1, -0.05) is 55.3 Å². The quantitative estimate of drug-likeness (QED) is 0.730. The van der Waals surface area contributed by atoms with Crippen LogP contribution in [-0.2, 0) is 13.2 Å². The van der Waals surface area contributed by atoms with E-state index in [9.17, 15) is 0 Å². The molecule has 0 aliphatic carbocycles. The number of halogens is 1. The highest BCUT2D eigenvalue weighted by molar-refractivity contribution is 6.31. The number of aryl methyl sites for hydroxylation is 1. The predicted molar refractivity (Wildman–Crippen MR) is 100 cm³/mol. The fourth-order valence-corrected chi connectivity index (χ4v) is 2.66. The first-order valence-corrected chi connectivity index (χ1v) is 8.63. The Hall–Kier alpha value is -1.71. The van der Waals surface area contributed by atoms with Crippen molar-refractivity contribution in [3.05, 3.63) is 58.1 Å². The van der Waals surface area contributed by atoms with Crippen LogP contribution in [0.15, 0.2) is 36.4 Å². The van der Waals surface area contributed by atoms with Gasteiger partial charge in [0.25, 0.3) is 0 Å². The summed E-state index contributed by atoms with van der Waals surface area (Å²) in [5.74, 6) is 1.97. The minimum atomic E-state index is 0.485. The minimum Gasteiger partial charge on any atom is -0.493 e. The summed E-state index contributed by atoms with van der Waals surface area (Å²) in [5.41, 5.74) is 3.35. The normalized spacial score (nSPS) is 10.9. The van der Waals surface area contributed by atoms with E-state index >= 15 is 0 Å². The van der Waals surface area contributed by atoms with Gasteiger partial charge in [0.15, 0.2) is 11.5 Å². The second-order valence-electron chi connectivity index (χ2n) is 6.40. The van der Waals surface area contributed by atoms with Crippen LogP contribution in [0.25, 0.3) is 0 Å². The van der Waals surface area contributed by atoms with Crippen LogP contribution in [-0.4, -0.2) is 13.7 Å². The summed E-state index contributed by atoms with van der Waals surface area (Å²) in [6, 6.07) is 12.0. The molecule has 2 aromatic rings. The lowest BCUT2D eigenvalue weighted by molar-refractivity contribution is 0.284. The van der Waals surface area contributed by atoms with E-state index in [0.29, 0.717) is 35.6 Å². The SMILES string of the molecule is COc1cc(CNCC(C)C)c(Cl)cc1OCc1cccc(C)c1. The second kappa shape index (κ2) is 8.95. The average Bonchev–Trinajstić information content (AvgIpc) is 2.54. The molecule has 0 aromatic heterocycles. The number of rotatable bonds is 8. The Morgan fingerprint density at radius 2 is 1.92 bits per heavy atom. The molecule has 0 atom stereocenters. The van der Waals surface area contributed by atoms with Gasteiger partial charge in [0.2, 0.25) is 0 Å². The van der Waals surface area contributed by atoms with E-state index in [4.69, 9.17) is 21.1 Å². The second-order valence-corrected chi connectivity index (χ2v) is 6.80. The van der Waals surface area contributed by atoms with Crippen LogP contribution in [0.3, 0.4) is 0 Å². The maximum absolute atomic E-state index is 6.41. The highest BCUT2D eigenvalue weighted by Crippen LogP contribution is 2.34. The molecular formula is C20H26ClNO2. The van der Waals surface area contributed by atoms with Gasteiger partial charge in [-0.3, -0.25) is 0 Å². The van der Waals surface area contributed by atoms with Crippen LogP contribution >= 0.6 is 11.6 Å². The van der Waals surface area contributed by atoms with Crippen LogP contribution in [0.5, 0.6) is 11.5 Å². The molecule has 2 aromatic carbocycles. The molecule has 1 N–H and O–H groups in total. The Bertz CT molecular complexity index is 671. The molecule has 4 heteroatoms. The summed E-state index contributed by atoms with van der Waals surface area (Å²) < 4.78 is 11.4. The molecule has 0 aliphatic heterocycles. The fraction of sp³-hybridized carbons (Fsp3) is 0.400. The predicted octanol–water partition coefficient (Wildman–Crippen LogP) is 4.98. The number of hydrogen-bond acceptors (Lipinski definition) is 3. The molecule has 0 unspecified atom stereocenters. The van der Waals surface area contributed by atoms with Gasteiger partial charge >= 0.3 is 0 Å². The Morgan fingerprint density at radius 1 is 1.12 bits per heavy atom. The van der Waals surface area contributed by atoms with E-state index in [1.54, 1.807) is 7.11 Å². The average molecular weight is 348 g/mol. The van der Waals surface area contributed by atoms with Gasteiger partial charge in [-0.25, -0.2) is 0 Å². The smallest absolute Gasteiger partial charge is 0.163 e. The molecule has 0 aliphatic rings. The van der Waals surface area contributed by atoms with Gasteiger partial charge in [-0.15, -0.1) is 0 Å². The van der Waals surface area contributed by atoms with Gasteiger partial charge in [0, 0.05) is 17.6 Å². The van der Waals surface area contributed by atoms with Crippen molar-refractivity contribution < 1.29 is 9.47 Å². The third-order valence-corrected chi connectivity index (χ3v) is 4.03. The first-order chi connectivity index (χ1) is 11.5. The number of hydrogen-bond donors (Lipinski definition) is 1. The molecule has 130 valence electrons. The van der Waals surface area contributed by atoms with E-state index in [2.05, 4.69) is 38.2 Å². The van der Waals surface area contributed by atoms with Crippen LogP contribution < -0.4 is 14.8 Å². The molecule has 0 amide bonds. The summed E-state index contributed by atoms with van der Waals surface area (Å²) >= 11 is 6.41. The molecule has 0 saturated heterocycles. The fourth-order valence-electron chi connectivity index (χ4n) is 2.44.